The summed E-state index contributed by atoms with van der Waals surface area (Å²) in [6.07, 6.45) is 2.02. The van der Waals surface area contributed by atoms with Crippen molar-refractivity contribution in [1.82, 2.24) is 10.7 Å². The van der Waals surface area contributed by atoms with Crippen LogP contribution in [0.4, 0.5) is 0 Å². The molecule has 0 aromatic heterocycles. The summed E-state index contributed by atoms with van der Waals surface area (Å²) in [7, 11) is 0. The second-order valence-corrected chi connectivity index (χ2v) is 8.13. The molecule has 0 saturated heterocycles. The molecule has 29 heavy (non-hydrogen) atoms. The van der Waals surface area contributed by atoms with Crippen LogP contribution >= 0.6 is 27.5 Å². The van der Waals surface area contributed by atoms with Gasteiger partial charge >= 0.3 is 0 Å². The van der Waals surface area contributed by atoms with Crippen LogP contribution in [-0.4, -0.2) is 30.7 Å². The fraction of sp³-hybridized carbons (Fsp3) is 0.286. The van der Waals surface area contributed by atoms with Gasteiger partial charge in [-0.15, -0.1) is 0 Å². The van der Waals surface area contributed by atoms with Gasteiger partial charge in [0.05, 0.1) is 6.21 Å². The van der Waals surface area contributed by atoms with Crippen LogP contribution in [0.5, 0.6) is 5.75 Å². The van der Waals surface area contributed by atoms with Gasteiger partial charge in [0.2, 0.25) is 0 Å². The van der Waals surface area contributed by atoms with E-state index >= 15 is 0 Å². The van der Waals surface area contributed by atoms with Crippen molar-refractivity contribution >= 4 is 45.6 Å². The Balaban J connectivity index is 1.89. The summed E-state index contributed by atoms with van der Waals surface area (Å²) in [6.45, 7) is 3.75. The van der Waals surface area contributed by atoms with Crippen molar-refractivity contribution in [2.45, 2.75) is 26.3 Å². The minimum Gasteiger partial charge on any atom is -0.484 e. The van der Waals surface area contributed by atoms with Crippen molar-refractivity contribution in [3.8, 4) is 5.75 Å². The number of benzene rings is 2. The average molecular weight is 481 g/mol. The first-order valence-corrected chi connectivity index (χ1v) is 10.3. The van der Waals surface area contributed by atoms with E-state index in [1.54, 1.807) is 30.5 Å². The maximum atomic E-state index is 12.5. The van der Waals surface area contributed by atoms with E-state index in [-0.39, 0.29) is 18.4 Å². The zero-order valence-electron chi connectivity index (χ0n) is 16.2. The Bertz CT molecular complexity index is 839. The summed E-state index contributed by atoms with van der Waals surface area (Å²) in [6, 6.07) is 13.5. The quantitative estimate of drug-likeness (QED) is 0.418. The summed E-state index contributed by atoms with van der Waals surface area (Å²) in [5.74, 6) is -0.0447. The van der Waals surface area contributed by atoms with Gasteiger partial charge in [-0.2, -0.15) is 5.10 Å². The van der Waals surface area contributed by atoms with Crippen LogP contribution in [0.3, 0.4) is 0 Å². The van der Waals surface area contributed by atoms with Crippen LogP contribution in [0.25, 0.3) is 0 Å². The number of halogens is 2. The highest BCUT2D eigenvalue weighted by molar-refractivity contribution is 9.10. The summed E-state index contributed by atoms with van der Waals surface area (Å²) >= 11 is 9.18. The first-order valence-electron chi connectivity index (χ1n) is 9.09. The molecule has 2 N–H and O–H groups in total. The van der Waals surface area contributed by atoms with Crippen LogP contribution < -0.4 is 15.5 Å². The van der Waals surface area contributed by atoms with Crippen molar-refractivity contribution in [2.75, 3.05) is 6.61 Å². The van der Waals surface area contributed by atoms with Crippen LogP contribution in [0.15, 0.2) is 58.1 Å². The maximum Gasteiger partial charge on any atom is 0.262 e. The minimum absolute atomic E-state index is 0.203. The maximum absolute atomic E-state index is 12.5. The van der Waals surface area contributed by atoms with E-state index in [0.29, 0.717) is 17.2 Å². The van der Waals surface area contributed by atoms with Gasteiger partial charge in [0.25, 0.3) is 11.8 Å². The fourth-order valence-electron chi connectivity index (χ4n) is 2.42. The Morgan fingerprint density at radius 3 is 2.41 bits per heavy atom. The van der Waals surface area contributed by atoms with E-state index in [9.17, 15) is 9.59 Å². The van der Waals surface area contributed by atoms with Crippen molar-refractivity contribution in [1.29, 1.82) is 0 Å². The van der Waals surface area contributed by atoms with Gasteiger partial charge in [0, 0.05) is 9.50 Å². The summed E-state index contributed by atoms with van der Waals surface area (Å²) in [5, 5.41) is 7.26. The van der Waals surface area contributed by atoms with Crippen molar-refractivity contribution in [3.05, 3.63) is 63.6 Å². The number of ether oxygens (including phenoxy) is 1. The summed E-state index contributed by atoms with van der Waals surface area (Å²) in [4.78, 5) is 24.7. The molecule has 154 valence electrons. The number of hydrogen-bond donors (Lipinski definition) is 2. The molecule has 0 aliphatic rings. The van der Waals surface area contributed by atoms with Crippen LogP contribution in [0, 0.1) is 5.92 Å². The normalized spacial score (nSPS) is 12.0. The molecule has 0 bridgehead atoms. The van der Waals surface area contributed by atoms with E-state index in [0.717, 1.165) is 10.0 Å². The standard InChI is InChI=1S/C21H23BrClN3O3/c1-14(2)11-19(21(28)26-24-12-15-3-5-16(22)6-4-15)25-20(27)13-29-18-9-7-17(23)8-10-18/h3-10,12,14,19H,11,13H2,1-2H3,(H,25,27)(H,26,28)/b24-12-/t19-/m0/s1. The molecule has 2 amide bonds. The van der Waals surface area contributed by atoms with Crippen LogP contribution in [0.2, 0.25) is 5.02 Å². The van der Waals surface area contributed by atoms with Crippen LogP contribution in [-0.2, 0) is 9.59 Å². The lowest BCUT2D eigenvalue weighted by Crippen LogP contribution is -2.47. The lowest BCUT2D eigenvalue weighted by atomic mass is 10.0. The van der Waals surface area contributed by atoms with Gasteiger partial charge in [-0.05, 0) is 54.3 Å². The Hall–Kier alpha value is -2.38. The Morgan fingerprint density at radius 1 is 1.14 bits per heavy atom. The largest absolute Gasteiger partial charge is 0.484 e. The van der Waals surface area contributed by atoms with Gasteiger partial charge in [0.1, 0.15) is 11.8 Å². The first kappa shape index (κ1) is 22.9. The summed E-state index contributed by atoms with van der Waals surface area (Å²) < 4.78 is 6.38. The second-order valence-electron chi connectivity index (χ2n) is 6.78. The third-order valence-electron chi connectivity index (χ3n) is 3.80. The monoisotopic (exact) mass is 479 g/mol. The molecule has 2 aromatic carbocycles. The average Bonchev–Trinajstić information content (AvgIpc) is 2.68. The highest BCUT2D eigenvalue weighted by atomic mass is 79.9. The van der Waals surface area contributed by atoms with E-state index in [1.807, 2.05) is 38.1 Å². The van der Waals surface area contributed by atoms with Gasteiger partial charge in [0.15, 0.2) is 6.61 Å². The van der Waals surface area contributed by atoms with E-state index in [4.69, 9.17) is 16.3 Å². The third kappa shape index (κ3) is 8.66. The Morgan fingerprint density at radius 2 is 1.79 bits per heavy atom. The van der Waals surface area contributed by atoms with Crippen LogP contribution in [0.1, 0.15) is 25.8 Å². The number of carbonyl (C=O) groups excluding carboxylic acids is 2. The predicted molar refractivity (Wildman–Crippen MR) is 118 cm³/mol. The molecule has 8 heteroatoms. The first-order chi connectivity index (χ1) is 13.8. The smallest absolute Gasteiger partial charge is 0.262 e. The fourth-order valence-corrected chi connectivity index (χ4v) is 2.81. The number of nitrogens with one attached hydrogen (secondary N) is 2. The SMILES string of the molecule is CC(C)C[C@H](NC(=O)COc1ccc(Cl)cc1)C(=O)N/N=C\c1ccc(Br)cc1. The number of hydrogen-bond acceptors (Lipinski definition) is 4. The highest BCUT2D eigenvalue weighted by Crippen LogP contribution is 2.15. The van der Waals surface area contributed by atoms with Crippen molar-refractivity contribution in [2.24, 2.45) is 11.0 Å². The van der Waals surface area contributed by atoms with Crippen molar-refractivity contribution in [3.63, 3.8) is 0 Å². The van der Waals surface area contributed by atoms with Crippen molar-refractivity contribution < 1.29 is 14.3 Å². The molecular formula is C21H23BrClN3O3. The molecule has 2 aromatic rings. The molecule has 0 radical (unpaired) electrons. The van der Waals surface area contributed by atoms with Gasteiger partial charge in [-0.1, -0.05) is 53.5 Å². The Kier molecular flexibility index (Phi) is 9.15. The summed E-state index contributed by atoms with van der Waals surface area (Å²) in [5.41, 5.74) is 3.33. The zero-order valence-corrected chi connectivity index (χ0v) is 18.5. The van der Waals surface area contributed by atoms with E-state index in [2.05, 4.69) is 31.8 Å². The minimum atomic E-state index is -0.710. The lowest BCUT2D eigenvalue weighted by molar-refractivity contribution is -0.130. The molecule has 0 saturated carbocycles. The molecule has 2 rings (SSSR count). The molecule has 0 aliphatic carbocycles. The van der Waals surface area contributed by atoms with Gasteiger partial charge < -0.3 is 10.1 Å². The van der Waals surface area contributed by atoms with E-state index < -0.39 is 11.9 Å². The number of carbonyl (C=O) groups is 2. The molecule has 0 fully saturated rings. The third-order valence-corrected chi connectivity index (χ3v) is 4.58. The molecule has 1 atom stereocenters. The molecule has 0 spiro atoms. The molecule has 6 nitrogen and oxygen atoms in total. The van der Waals surface area contributed by atoms with E-state index in [1.165, 1.54) is 0 Å². The number of hydrazone groups is 1. The number of rotatable bonds is 9. The zero-order chi connectivity index (χ0) is 21.2. The van der Waals surface area contributed by atoms with Gasteiger partial charge in [-0.25, -0.2) is 5.43 Å². The second kappa shape index (κ2) is 11.6. The lowest BCUT2D eigenvalue weighted by Gasteiger charge is -2.19. The Labute approximate surface area is 183 Å². The number of nitrogens with zero attached hydrogens (tertiary/aromatic N) is 1. The molecule has 0 heterocycles. The highest BCUT2D eigenvalue weighted by Gasteiger charge is 2.22. The molecule has 0 aliphatic heterocycles. The molecule has 0 unspecified atom stereocenters. The number of amides is 2. The predicted octanol–water partition coefficient (Wildman–Crippen LogP) is 4.16. The molecular weight excluding hydrogens is 458 g/mol. The topological polar surface area (TPSA) is 79.8 Å². The van der Waals surface area contributed by atoms with Gasteiger partial charge in [-0.3, -0.25) is 9.59 Å².